The molecule has 3 N–H and O–H groups in total. The van der Waals surface area contributed by atoms with Gasteiger partial charge >= 0.3 is 0 Å². The summed E-state index contributed by atoms with van der Waals surface area (Å²) in [4.78, 5) is 27.7. The molecule has 0 atom stereocenters. The van der Waals surface area contributed by atoms with Gasteiger partial charge in [-0.15, -0.1) is 0 Å². The van der Waals surface area contributed by atoms with Crippen molar-refractivity contribution in [3.05, 3.63) is 72.1 Å². The van der Waals surface area contributed by atoms with Crippen LogP contribution in [0.25, 0.3) is 5.69 Å². The number of anilines is 1. The fourth-order valence-corrected chi connectivity index (χ4v) is 3.43. The van der Waals surface area contributed by atoms with Gasteiger partial charge in [0.05, 0.1) is 5.75 Å². The molecule has 28 heavy (non-hydrogen) atoms. The van der Waals surface area contributed by atoms with Gasteiger partial charge in [-0.05, 0) is 47.9 Å². The van der Waals surface area contributed by atoms with Gasteiger partial charge in [0, 0.05) is 29.3 Å². The zero-order chi connectivity index (χ0) is 20.1. The van der Waals surface area contributed by atoms with Crippen LogP contribution in [0.3, 0.4) is 0 Å². The predicted octanol–water partition coefficient (Wildman–Crippen LogP) is 3.83. The molecule has 2 aromatic carbocycles. The van der Waals surface area contributed by atoms with Crippen molar-refractivity contribution in [3.8, 4) is 5.69 Å². The zero-order valence-electron chi connectivity index (χ0n) is 15.8. The molecule has 1 heterocycles. The van der Waals surface area contributed by atoms with Gasteiger partial charge < -0.3 is 11.1 Å². The van der Waals surface area contributed by atoms with Gasteiger partial charge in [-0.3, -0.25) is 14.2 Å². The summed E-state index contributed by atoms with van der Waals surface area (Å²) < 4.78 is 1.96. The lowest BCUT2D eigenvalue weighted by atomic mass is 10.0. The van der Waals surface area contributed by atoms with Crippen LogP contribution in [0.2, 0.25) is 0 Å². The fourth-order valence-electron chi connectivity index (χ4n) is 2.66. The third-order valence-electron chi connectivity index (χ3n) is 4.23. The van der Waals surface area contributed by atoms with Crippen molar-refractivity contribution in [1.29, 1.82) is 0 Å². The van der Waals surface area contributed by atoms with E-state index >= 15 is 0 Å². The first-order valence-corrected chi connectivity index (χ1v) is 9.89. The Morgan fingerprint density at radius 1 is 1.11 bits per heavy atom. The van der Waals surface area contributed by atoms with Crippen molar-refractivity contribution in [2.75, 3.05) is 11.1 Å². The maximum Gasteiger partial charge on any atom is 0.248 e. The summed E-state index contributed by atoms with van der Waals surface area (Å²) in [6.07, 6.45) is 3.60. The van der Waals surface area contributed by atoms with Crippen molar-refractivity contribution in [1.82, 2.24) is 9.55 Å². The number of imidazole rings is 1. The number of aromatic nitrogens is 2. The Balaban J connectivity index is 1.61. The Labute approximate surface area is 168 Å². The minimum Gasteiger partial charge on any atom is -0.366 e. The summed E-state index contributed by atoms with van der Waals surface area (Å²) in [5.41, 5.74) is 8.51. The lowest BCUT2D eigenvalue weighted by Gasteiger charge is -2.10. The number of hydrogen-bond donors (Lipinski definition) is 2. The van der Waals surface area contributed by atoms with Crippen LogP contribution in [-0.4, -0.2) is 27.1 Å². The Bertz CT molecular complexity index is 963. The van der Waals surface area contributed by atoms with Gasteiger partial charge in [0.2, 0.25) is 11.8 Å². The van der Waals surface area contributed by atoms with Crippen LogP contribution < -0.4 is 11.1 Å². The predicted molar refractivity (Wildman–Crippen MR) is 112 cm³/mol. The van der Waals surface area contributed by atoms with Crippen molar-refractivity contribution >= 4 is 29.3 Å². The smallest absolute Gasteiger partial charge is 0.248 e. The molecule has 7 heteroatoms. The first-order chi connectivity index (χ1) is 13.4. The molecule has 144 valence electrons. The van der Waals surface area contributed by atoms with E-state index in [2.05, 4.69) is 48.4 Å². The molecule has 0 saturated carbocycles. The number of rotatable bonds is 7. The molecular weight excluding hydrogens is 372 g/mol. The Morgan fingerprint density at radius 3 is 2.39 bits per heavy atom. The molecule has 3 aromatic rings. The number of hydrogen-bond acceptors (Lipinski definition) is 4. The molecule has 2 amide bonds. The maximum atomic E-state index is 12.2. The molecule has 0 radical (unpaired) electrons. The van der Waals surface area contributed by atoms with Gasteiger partial charge in [-0.25, -0.2) is 4.98 Å². The SMILES string of the molecule is CC(C)c1ccc(-n2ccnc2SCC(=O)Nc2ccc(C(N)=O)cc2)cc1. The molecule has 0 aliphatic rings. The van der Waals surface area contributed by atoms with E-state index in [1.54, 1.807) is 30.5 Å². The second kappa shape index (κ2) is 8.75. The van der Waals surface area contributed by atoms with E-state index in [0.717, 1.165) is 10.8 Å². The highest BCUT2D eigenvalue weighted by atomic mass is 32.2. The van der Waals surface area contributed by atoms with Crippen molar-refractivity contribution in [2.24, 2.45) is 5.73 Å². The third-order valence-corrected chi connectivity index (χ3v) is 5.20. The number of nitrogens with two attached hydrogens (primary N) is 1. The summed E-state index contributed by atoms with van der Waals surface area (Å²) in [7, 11) is 0. The molecule has 0 saturated heterocycles. The number of nitrogens with zero attached hydrogens (tertiary/aromatic N) is 2. The van der Waals surface area contributed by atoms with E-state index in [0.29, 0.717) is 17.2 Å². The number of nitrogens with one attached hydrogen (secondary N) is 1. The minimum atomic E-state index is -0.498. The van der Waals surface area contributed by atoms with Gasteiger partial charge in [0.25, 0.3) is 0 Å². The van der Waals surface area contributed by atoms with Gasteiger partial charge in [0.15, 0.2) is 5.16 Å². The third kappa shape index (κ3) is 4.80. The van der Waals surface area contributed by atoms with Gasteiger partial charge in [-0.1, -0.05) is 37.7 Å². The van der Waals surface area contributed by atoms with E-state index in [-0.39, 0.29) is 11.7 Å². The van der Waals surface area contributed by atoms with Crippen molar-refractivity contribution in [3.63, 3.8) is 0 Å². The summed E-state index contributed by atoms with van der Waals surface area (Å²) in [5, 5.41) is 3.55. The molecular formula is C21H22N4O2S. The standard InChI is InChI=1S/C21H22N4O2S/c1-14(2)15-5-9-18(10-6-15)25-12-11-23-21(25)28-13-19(26)24-17-7-3-16(4-8-17)20(22)27/h3-12,14H,13H2,1-2H3,(H2,22,27)(H,24,26). The summed E-state index contributed by atoms with van der Waals surface area (Å²) >= 11 is 1.36. The average Bonchev–Trinajstić information content (AvgIpc) is 3.15. The van der Waals surface area contributed by atoms with Crippen molar-refractivity contribution < 1.29 is 9.59 Å². The number of carbonyl (C=O) groups is 2. The Morgan fingerprint density at radius 2 is 1.79 bits per heavy atom. The zero-order valence-corrected chi connectivity index (χ0v) is 16.6. The molecule has 0 fully saturated rings. The molecule has 0 spiro atoms. The number of thioether (sulfide) groups is 1. The quantitative estimate of drug-likeness (QED) is 0.596. The minimum absolute atomic E-state index is 0.151. The molecule has 0 unspecified atom stereocenters. The lowest BCUT2D eigenvalue weighted by Crippen LogP contribution is -2.15. The normalized spacial score (nSPS) is 10.8. The Hall–Kier alpha value is -3.06. The molecule has 0 bridgehead atoms. The maximum absolute atomic E-state index is 12.2. The molecule has 0 aliphatic heterocycles. The van der Waals surface area contributed by atoms with Crippen LogP contribution in [0.4, 0.5) is 5.69 Å². The van der Waals surface area contributed by atoms with E-state index in [1.165, 1.54) is 17.3 Å². The lowest BCUT2D eigenvalue weighted by molar-refractivity contribution is -0.113. The second-order valence-corrected chi connectivity index (χ2v) is 7.55. The van der Waals surface area contributed by atoms with Crippen LogP contribution in [0.1, 0.15) is 35.7 Å². The average molecular weight is 395 g/mol. The number of benzene rings is 2. The first-order valence-electron chi connectivity index (χ1n) is 8.90. The molecule has 3 rings (SSSR count). The van der Waals surface area contributed by atoms with Crippen LogP contribution in [-0.2, 0) is 4.79 Å². The second-order valence-electron chi connectivity index (χ2n) is 6.60. The largest absolute Gasteiger partial charge is 0.366 e. The van der Waals surface area contributed by atoms with Crippen molar-refractivity contribution in [2.45, 2.75) is 24.9 Å². The van der Waals surface area contributed by atoms with Crippen LogP contribution in [0.5, 0.6) is 0 Å². The Kier molecular flexibility index (Phi) is 6.16. The highest BCUT2D eigenvalue weighted by Gasteiger charge is 2.10. The first kappa shape index (κ1) is 19.7. The fraction of sp³-hybridized carbons (Fsp3) is 0.190. The van der Waals surface area contributed by atoms with Crippen LogP contribution in [0, 0.1) is 0 Å². The van der Waals surface area contributed by atoms with Crippen LogP contribution in [0.15, 0.2) is 66.1 Å². The van der Waals surface area contributed by atoms with Crippen LogP contribution >= 0.6 is 11.8 Å². The number of primary amides is 1. The number of amides is 2. The molecule has 1 aromatic heterocycles. The topological polar surface area (TPSA) is 90.0 Å². The molecule has 6 nitrogen and oxygen atoms in total. The summed E-state index contributed by atoms with van der Waals surface area (Å²) in [5.74, 6) is 0.0493. The monoisotopic (exact) mass is 394 g/mol. The van der Waals surface area contributed by atoms with E-state index < -0.39 is 5.91 Å². The highest BCUT2D eigenvalue weighted by Crippen LogP contribution is 2.23. The van der Waals surface area contributed by atoms with E-state index in [9.17, 15) is 9.59 Å². The molecule has 0 aliphatic carbocycles. The summed E-state index contributed by atoms with van der Waals surface area (Å²) in [6.45, 7) is 4.32. The van der Waals surface area contributed by atoms with E-state index in [1.807, 2.05) is 10.8 Å². The highest BCUT2D eigenvalue weighted by molar-refractivity contribution is 7.99. The van der Waals surface area contributed by atoms with Gasteiger partial charge in [0.1, 0.15) is 0 Å². The van der Waals surface area contributed by atoms with E-state index in [4.69, 9.17) is 5.73 Å². The number of carbonyl (C=O) groups excluding carboxylic acids is 2. The van der Waals surface area contributed by atoms with Gasteiger partial charge in [-0.2, -0.15) is 0 Å². The summed E-state index contributed by atoms with van der Waals surface area (Å²) in [6, 6.07) is 14.8.